The molecule has 0 atom stereocenters. The van der Waals surface area contributed by atoms with Gasteiger partial charge in [0.2, 0.25) is 0 Å². The van der Waals surface area contributed by atoms with Gasteiger partial charge in [0.15, 0.2) is 0 Å². The van der Waals surface area contributed by atoms with E-state index in [2.05, 4.69) is 6.58 Å². The van der Waals surface area contributed by atoms with E-state index in [9.17, 15) is 12.9 Å². The van der Waals surface area contributed by atoms with Crippen molar-refractivity contribution in [2.75, 3.05) is 13.6 Å². The normalized spacial score (nSPS) is 11.4. The molecule has 1 aromatic rings. The molecule has 0 N–H and O–H groups in total. The van der Waals surface area contributed by atoms with Crippen molar-refractivity contribution in [3.63, 3.8) is 0 Å². The van der Waals surface area contributed by atoms with Gasteiger partial charge in [0, 0.05) is 0 Å². The van der Waals surface area contributed by atoms with Gasteiger partial charge in [-0.25, -0.2) is 0 Å². The SMILES string of the molecule is C=C(CN(C)Cc1ccc(C)o1)[B-](F)(F)F.[K+]. The molecule has 90 valence electrons. The molecular weight excluding hydrogens is 257 g/mol. The van der Waals surface area contributed by atoms with Crippen LogP contribution in [0, 0.1) is 6.92 Å². The molecule has 0 aromatic carbocycles. The molecular formula is C10H14BF3KNO. The van der Waals surface area contributed by atoms with Gasteiger partial charge in [-0.05, 0) is 32.6 Å². The zero-order valence-electron chi connectivity index (χ0n) is 10.3. The first-order valence-electron chi connectivity index (χ1n) is 4.90. The van der Waals surface area contributed by atoms with Gasteiger partial charge in [-0.15, -0.1) is 12.1 Å². The fraction of sp³-hybridized carbons (Fsp3) is 0.400. The summed E-state index contributed by atoms with van der Waals surface area (Å²) in [5.41, 5.74) is -0.689. The minimum absolute atomic E-state index is 0. The molecule has 0 fully saturated rings. The smallest absolute Gasteiger partial charge is 0.465 e. The molecule has 0 amide bonds. The second-order valence-corrected chi connectivity index (χ2v) is 3.92. The first-order chi connectivity index (χ1) is 7.29. The largest absolute Gasteiger partial charge is 1.00 e. The average Bonchev–Trinajstić information content (AvgIpc) is 2.49. The van der Waals surface area contributed by atoms with Gasteiger partial charge >= 0.3 is 58.4 Å². The molecule has 0 unspecified atom stereocenters. The second kappa shape index (κ2) is 7.16. The summed E-state index contributed by atoms with van der Waals surface area (Å²) in [6.07, 6.45) is 0. The molecule has 0 aliphatic carbocycles. The Morgan fingerprint density at radius 1 is 1.41 bits per heavy atom. The summed E-state index contributed by atoms with van der Waals surface area (Å²) in [6.45, 7) is 0.0459. The molecule has 1 heterocycles. The predicted octanol–water partition coefficient (Wildman–Crippen LogP) is -0.0334. The standard InChI is InChI=1S/C10H14BF3NO.K/c1-8(11(12,13)14)6-15(3)7-10-5-4-9(2)16-10;/h4-5H,1,6-7H2,2-3H3;/q-1;+1. The molecule has 0 aliphatic heterocycles. The summed E-state index contributed by atoms with van der Waals surface area (Å²) in [6, 6.07) is 3.54. The quantitative estimate of drug-likeness (QED) is 0.699. The van der Waals surface area contributed by atoms with Crippen LogP contribution < -0.4 is 51.4 Å². The van der Waals surface area contributed by atoms with Crippen LogP contribution in [0.3, 0.4) is 0 Å². The van der Waals surface area contributed by atoms with Crippen LogP contribution in [0.4, 0.5) is 12.9 Å². The van der Waals surface area contributed by atoms with Gasteiger partial charge in [0.05, 0.1) is 6.54 Å². The van der Waals surface area contributed by atoms with Crippen molar-refractivity contribution in [2.24, 2.45) is 0 Å². The zero-order chi connectivity index (χ0) is 12.3. The van der Waals surface area contributed by atoms with Crippen molar-refractivity contribution in [2.45, 2.75) is 13.5 Å². The van der Waals surface area contributed by atoms with Crippen molar-refractivity contribution in [3.05, 3.63) is 35.7 Å². The predicted molar refractivity (Wildman–Crippen MR) is 58.0 cm³/mol. The molecule has 0 bridgehead atoms. The Morgan fingerprint density at radius 2 is 2.00 bits per heavy atom. The molecule has 1 rings (SSSR count). The van der Waals surface area contributed by atoms with Gasteiger partial charge in [0.25, 0.3) is 0 Å². The molecule has 0 saturated heterocycles. The van der Waals surface area contributed by atoms with E-state index in [1.807, 2.05) is 0 Å². The summed E-state index contributed by atoms with van der Waals surface area (Å²) < 4.78 is 42.1. The van der Waals surface area contributed by atoms with E-state index in [4.69, 9.17) is 4.42 Å². The van der Waals surface area contributed by atoms with Crippen LogP contribution in [0.15, 0.2) is 28.6 Å². The van der Waals surface area contributed by atoms with Crippen molar-refractivity contribution < 1.29 is 68.7 Å². The Balaban J connectivity index is 0.00000256. The maximum atomic E-state index is 12.3. The molecule has 7 heteroatoms. The molecule has 0 saturated carbocycles. The topological polar surface area (TPSA) is 16.4 Å². The summed E-state index contributed by atoms with van der Waals surface area (Å²) >= 11 is 0. The number of aryl methyl sites for hydroxylation is 1. The number of hydrogen-bond donors (Lipinski definition) is 0. The van der Waals surface area contributed by atoms with E-state index in [0.717, 1.165) is 5.76 Å². The van der Waals surface area contributed by atoms with E-state index in [-0.39, 0.29) is 57.9 Å². The summed E-state index contributed by atoms with van der Waals surface area (Å²) in [4.78, 5) is 1.52. The van der Waals surface area contributed by atoms with Gasteiger partial charge in [-0.3, -0.25) is 4.90 Å². The minimum Gasteiger partial charge on any atom is -0.465 e. The minimum atomic E-state index is -4.95. The number of hydrogen-bond acceptors (Lipinski definition) is 2. The molecule has 0 aliphatic rings. The van der Waals surface area contributed by atoms with Gasteiger partial charge in [-0.2, -0.15) is 0 Å². The van der Waals surface area contributed by atoms with E-state index in [0.29, 0.717) is 12.3 Å². The monoisotopic (exact) mass is 271 g/mol. The average molecular weight is 271 g/mol. The number of rotatable bonds is 5. The van der Waals surface area contributed by atoms with Crippen molar-refractivity contribution >= 4 is 6.98 Å². The fourth-order valence-corrected chi connectivity index (χ4v) is 1.34. The van der Waals surface area contributed by atoms with Crippen LogP contribution in [0.2, 0.25) is 0 Å². The number of likely N-dealkylation sites (N-methyl/N-ethyl adjacent to an activating group) is 1. The first kappa shape index (κ1) is 17.5. The number of furan rings is 1. The Bertz CT molecular complexity index is 378. The Kier molecular flexibility index (Phi) is 7.36. The van der Waals surface area contributed by atoms with E-state index >= 15 is 0 Å². The third kappa shape index (κ3) is 6.26. The van der Waals surface area contributed by atoms with Crippen LogP contribution in [0.1, 0.15) is 11.5 Å². The number of halogens is 3. The summed E-state index contributed by atoms with van der Waals surface area (Å²) in [7, 11) is 1.60. The molecule has 1 aromatic heterocycles. The maximum absolute atomic E-state index is 12.3. The molecule has 0 radical (unpaired) electrons. The summed E-state index contributed by atoms with van der Waals surface area (Å²) in [5, 5.41) is 0. The van der Waals surface area contributed by atoms with Crippen LogP contribution in [-0.4, -0.2) is 25.5 Å². The van der Waals surface area contributed by atoms with Crippen LogP contribution in [0.5, 0.6) is 0 Å². The van der Waals surface area contributed by atoms with Crippen molar-refractivity contribution in [3.8, 4) is 0 Å². The van der Waals surface area contributed by atoms with E-state index < -0.39 is 12.4 Å². The van der Waals surface area contributed by atoms with E-state index in [1.165, 1.54) is 4.90 Å². The van der Waals surface area contributed by atoms with E-state index in [1.54, 1.807) is 26.1 Å². The third-order valence-electron chi connectivity index (χ3n) is 2.16. The van der Waals surface area contributed by atoms with Gasteiger partial charge in [0.1, 0.15) is 11.5 Å². The fourth-order valence-electron chi connectivity index (χ4n) is 1.34. The first-order valence-corrected chi connectivity index (χ1v) is 4.90. The second-order valence-electron chi connectivity index (χ2n) is 3.92. The van der Waals surface area contributed by atoms with Crippen LogP contribution in [0.25, 0.3) is 0 Å². The van der Waals surface area contributed by atoms with Gasteiger partial charge < -0.3 is 17.4 Å². The molecule has 0 spiro atoms. The zero-order valence-corrected chi connectivity index (χ0v) is 13.5. The molecule has 2 nitrogen and oxygen atoms in total. The Labute approximate surface area is 142 Å². The van der Waals surface area contributed by atoms with Crippen molar-refractivity contribution in [1.82, 2.24) is 4.90 Å². The van der Waals surface area contributed by atoms with Crippen LogP contribution >= 0.6 is 0 Å². The maximum Gasteiger partial charge on any atom is 1.00 e. The Hall–Kier alpha value is 0.471. The van der Waals surface area contributed by atoms with Gasteiger partial charge in [-0.1, -0.05) is 0 Å². The number of nitrogens with zero attached hydrogens (tertiary/aromatic N) is 1. The molecule has 17 heavy (non-hydrogen) atoms. The van der Waals surface area contributed by atoms with Crippen LogP contribution in [-0.2, 0) is 6.54 Å². The third-order valence-corrected chi connectivity index (χ3v) is 2.16. The van der Waals surface area contributed by atoms with Crippen molar-refractivity contribution in [1.29, 1.82) is 0 Å². The summed E-state index contributed by atoms with van der Waals surface area (Å²) in [5.74, 6) is 1.41. The Morgan fingerprint density at radius 3 is 2.41 bits per heavy atom.